The van der Waals surface area contributed by atoms with Gasteiger partial charge in [0.2, 0.25) is 0 Å². The Kier molecular flexibility index (Phi) is 6.62. The molecular formula is C16H31NO2. The van der Waals surface area contributed by atoms with E-state index in [9.17, 15) is 0 Å². The fraction of sp³-hybridized carbons (Fsp3) is 1.00. The zero-order valence-corrected chi connectivity index (χ0v) is 12.5. The predicted molar refractivity (Wildman–Crippen MR) is 78.2 cm³/mol. The first-order chi connectivity index (χ1) is 9.31. The van der Waals surface area contributed by atoms with Crippen LogP contribution in [0.3, 0.4) is 0 Å². The van der Waals surface area contributed by atoms with Crippen molar-refractivity contribution in [2.45, 2.75) is 83.0 Å². The third kappa shape index (κ3) is 4.73. The zero-order valence-electron chi connectivity index (χ0n) is 12.5. The highest BCUT2D eigenvalue weighted by Crippen LogP contribution is 2.30. The van der Waals surface area contributed by atoms with E-state index < -0.39 is 0 Å². The van der Waals surface area contributed by atoms with Crippen molar-refractivity contribution in [2.75, 3.05) is 13.2 Å². The van der Waals surface area contributed by atoms with Crippen molar-refractivity contribution in [3.05, 3.63) is 0 Å². The second-order valence-electron chi connectivity index (χ2n) is 6.19. The summed E-state index contributed by atoms with van der Waals surface area (Å²) in [6.45, 7) is 3.81. The average Bonchev–Trinajstić information content (AvgIpc) is 2.96. The molecule has 3 unspecified atom stereocenters. The molecule has 0 aromatic carbocycles. The standard InChI is InChI=1S/C16H31NO2/c1-2-18-16(13-7-4-3-5-8-13)15(17)11-10-14-9-6-12-19-14/h13-16H,2-12,17H2,1H3. The largest absolute Gasteiger partial charge is 0.378 e. The number of hydrogen-bond donors (Lipinski definition) is 1. The summed E-state index contributed by atoms with van der Waals surface area (Å²) in [5.74, 6) is 0.688. The minimum absolute atomic E-state index is 0.187. The van der Waals surface area contributed by atoms with Gasteiger partial charge in [-0.3, -0.25) is 0 Å². The van der Waals surface area contributed by atoms with Gasteiger partial charge in [0, 0.05) is 19.3 Å². The molecule has 1 aliphatic heterocycles. The maximum absolute atomic E-state index is 6.43. The first-order valence-electron chi connectivity index (χ1n) is 8.30. The second-order valence-corrected chi connectivity index (χ2v) is 6.19. The van der Waals surface area contributed by atoms with E-state index >= 15 is 0 Å². The Balaban J connectivity index is 1.78. The molecule has 0 spiro atoms. The second kappa shape index (κ2) is 8.23. The van der Waals surface area contributed by atoms with Gasteiger partial charge in [-0.1, -0.05) is 19.3 Å². The Morgan fingerprint density at radius 2 is 1.95 bits per heavy atom. The Labute approximate surface area is 118 Å². The molecule has 3 nitrogen and oxygen atoms in total. The molecular weight excluding hydrogens is 238 g/mol. The quantitative estimate of drug-likeness (QED) is 0.771. The van der Waals surface area contributed by atoms with Crippen LogP contribution < -0.4 is 5.73 Å². The van der Waals surface area contributed by atoms with Gasteiger partial charge in [-0.25, -0.2) is 0 Å². The molecule has 19 heavy (non-hydrogen) atoms. The van der Waals surface area contributed by atoms with Crippen LogP contribution in [0.15, 0.2) is 0 Å². The summed E-state index contributed by atoms with van der Waals surface area (Å²) in [5, 5.41) is 0. The van der Waals surface area contributed by atoms with E-state index in [0.29, 0.717) is 12.0 Å². The van der Waals surface area contributed by atoms with Crippen molar-refractivity contribution in [3.8, 4) is 0 Å². The van der Waals surface area contributed by atoms with Gasteiger partial charge < -0.3 is 15.2 Å². The van der Waals surface area contributed by atoms with Crippen molar-refractivity contribution in [1.29, 1.82) is 0 Å². The van der Waals surface area contributed by atoms with Gasteiger partial charge in [0.15, 0.2) is 0 Å². The third-order valence-electron chi connectivity index (χ3n) is 4.74. The highest BCUT2D eigenvalue weighted by molar-refractivity contribution is 4.84. The molecule has 3 atom stereocenters. The van der Waals surface area contributed by atoms with Crippen LogP contribution in [-0.4, -0.2) is 31.5 Å². The number of hydrogen-bond acceptors (Lipinski definition) is 3. The molecule has 1 aliphatic carbocycles. The molecule has 2 fully saturated rings. The lowest BCUT2D eigenvalue weighted by Crippen LogP contribution is -2.43. The molecule has 1 saturated heterocycles. The van der Waals surface area contributed by atoms with E-state index in [4.69, 9.17) is 15.2 Å². The molecule has 2 N–H and O–H groups in total. The highest BCUT2D eigenvalue weighted by atomic mass is 16.5. The Hall–Kier alpha value is -0.120. The predicted octanol–water partition coefficient (Wildman–Crippen LogP) is 3.26. The van der Waals surface area contributed by atoms with Gasteiger partial charge in [-0.2, -0.15) is 0 Å². The Morgan fingerprint density at radius 1 is 1.16 bits per heavy atom. The maximum Gasteiger partial charge on any atom is 0.0753 e. The van der Waals surface area contributed by atoms with E-state index in [-0.39, 0.29) is 12.1 Å². The molecule has 0 aromatic heterocycles. The van der Waals surface area contributed by atoms with Crippen molar-refractivity contribution < 1.29 is 9.47 Å². The van der Waals surface area contributed by atoms with E-state index in [0.717, 1.165) is 26.1 Å². The van der Waals surface area contributed by atoms with E-state index in [1.54, 1.807) is 0 Å². The lowest BCUT2D eigenvalue weighted by Gasteiger charge is -2.34. The van der Waals surface area contributed by atoms with Crippen LogP contribution in [0.2, 0.25) is 0 Å². The monoisotopic (exact) mass is 269 g/mol. The normalized spacial score (nSPS) is 28.4. The van der Waals surface area contributed by atoms with Gasteiger partial charge in [0.25, 0.3) is 0 Å². The first kappa shape index (κ1) is 15.3. The molecule has 0 radical (unpaired) electrons. The molecule has 0 amide bonds. The van der Waals surface area contributed by atoms with Gasteiger partial charge in [0.05, 0.1) is 12.2 Å². The summed E-state index contributed by atoms with van der Waals surface area (Å²) >= 11 is 0. The average molecular weight is 269 g/mol. The summed E-state index contributed by atoms with van der Waals surface area (Å²) < 4.78 is 11.7. The van der Waals surface area contributed by atoms with E-state index in [1.807, 2.05) is 0 Å². The number of nitrogens with two attached hydrogens (primary N) is 1. The summed E-state index contributed by atoms with van der Waals surface area (Å²) in [6.07, 6.45) is 12.0. The van der Waals surface area contributed by atoms with Crippen LogP contribution in [0.5, 0.6) is 0 Å². The van der Waals surface area contributed by atoms with Crippen LogP contribution >= 0.6 is 0 Å². The van der Waals surface area contributed by atoms with E-state index in [1.165, 1.54) is 44.9 Å². The zero-order chi connectivity index (χ0) is 13.5. The molecule has 0 aromatic rings. The molecule has 0 bridgehead atoms. The van der Waals surface area contributed by atoms with Gasteiger partial charge in [0.1, 0.15) is 0 Å². The summed E-state index contributed by atoms with van der Waals surface area (Å²) in [6, 6.07) is 0.187. The molecule has 112 valence electrons. The Morgan fingerprint density at radius 3 is 2.58 bits per heavy atom. The van der Waals surface area contributed by atoms with Crippen molar-refractivity contribution >= 4 is 0 Å². The van der Waals surface area contributed by atoms with Gasteiger partial charge in [-0.05, 0) is 51.4 Å². The van der Waals surface area contributed by atoms with Crippen LogP contribution in [0.25, 0.3) is 0 Å². The minimum atomic E-state index is 0.187. The van der Waals surface area contributed by atoms with Crippen LogP contribution in [0.4, 0.5) is 0 Å². The number of rotatable bonds is 7. The lowest BCUT2D eigenvalue weighted by molar-refractivity contribution is -0.0140. The molecule has 3 heteroatoms. The Bertz CT molecular complexity index is 235. The van der Waals surface area contributed by atoms with Gasteiger partial charge >= 0.3 is 0 Å². The first-order valence-corrected chi connectivity index (χ1v) is 8.30. The maximum atomic E-state index is 6.43. The van der Waals surface area contributed by atoms with Crippen molar-refractivity contribution in [3.63, 3.8) is 0 Å². The SMILES string of the molecule is CCOC(C(N)CCC1CCCO1)C1CCCCC1. The minimum Gasteiger partial charge on any atom is -0.378 e. The fourth-order valence-corrected chi connectivity index (χ4v) is 3.68. The van der Waals surface area contributed by atoms with Crippen LogP contribution in [-0.2, 0) is 9.47 Å². The van der Waals surface area contributed by atoms with E-state index in [2.05, 4.69) is 6.92 Å². The molecule has 2 rings (SSSR count). The van der Waals surface area contributed by atoms with Crippen LogP contribution in [0.1, 0.15) is 64.7 Å². The summed E-state index contributed by atoms with van der Waals surface area (Å²) in [5.41, 5.74) is 6.43. The number of ether oxygens (including phenoxy) is 2. The van der Waals surface area contributed by atoms with Crippen molar-refractivity contribution in [2.24, 2.45) is 11.7 Å². The summed E-state index contributed by atoms with van der Waals surface area (Å²) in [4.78, 5) is 0. The fourth-order valence-electron chi connectivity index (χ4n) is 3.68. The van der Waals surface area contributed by atoms with Gasteiger partial charge in [-0.15, -0.1) is 0 Å². The highest BCUT2D eigenvalue weighted by Gasteiger charge is 2.29. The van der Waals surface area contributed by atoms with Crippen molar-refractivity contribution in [1.82, 2.24) is 0 Å². The smallest absolute Gasteiger partial charge is 0.0753 e. The molecule has 1 saturated carbocycles. The molecule has 2 aliphatic rings. The third-order valence-corrected chi connectivity index (χ3v) is 4.74. The molecule has 1 heterocycles. The summed E-state index contributed by atoms with van der Waals surface area (Å²) in [7, 11) is 0. The topological polar surface area (TPSA) is 44.5 Å². The lowest BCUT2D eigenvalue weighted by atomic mass is 9.81. The van der Waals surface area contributed by atoms with Crippen LogP contribution in [0, 0.1) is 5.92 Å².